The van der Waals surface area contributed by atoms with Crippen molar-refractivity contribution in [2.45, 2.75) is 202 Å². The van der Waals surface area contributed by atoms with Crippen LogP contribution in [0.25, 0.3) is 21.8 Å². The molecule has 0 saturated heterocycles. The molecule has 14 atom stereocenters. The molecule has 0 saturated carbocycles. The number of aliphatic carboxylic acids is 1. The van der Waals surface area contributed by atoms with Gasteiger partial charge in [-0.15, -0.1) is 0 Å². The molecule has 794 valence electrons. The van der Waals surface area contributed by atoms with Crippen LogP contribution in [0.15, 0.2) is 183 Å². The Bertz CT molecular complexity index is 6180. The minimum atomic E-state index is -1.94. The molecule has 0 bridgehead atoms. The molecule has 0 spiro atoms. The highest BCUT2D eigenvalue weighted by Gasteiger charge is 2.40. The lowest BCUT2D eigenvalue weighted by molar-refractivity contribution is -0.142. The maximum atomic E-state index is 15.5. The predicted octanol–water partition coefficient (Wildman–Crippen LogP) is -3.56. The summed E-state index contributed by atoms with van der Waals surface area (Å²) < 4.78 is 0. The van der Waals surface area contributed by atoms with E-state index in [4.69, 9.17) is 39.2 Å². The second-order valence-corrected chi connectivity index (χ2v) is 36.1. The van der Waals surface area contributed by atoms with Gasteiger partial charge in [-0.2, -0.15) is 0 Å². The Hall–Kier alpha value is -17.6. The number of phenols is 1. The number of nitrogens with two attached hydrogens (primary N) is 4. The fraction of sp³-hybridized carbons (Fsp3) is 0.384. The first-order chi connectivity index (χ1) is 71.4. The zero-order valence-electron chi connectivity index (χ0n) is 82.2. The molecule has 5 aromatic carbocycles. The van der Waals surface area contributed by atoms with Crippen LogP contribution in [0.3, 0.4) is 0 Å². The Morgan fingerprint density at radius 2 is 0.664 bits per heavy atom. The Morgan fingerprint density at radius 1 is 0.342 bits per heavy atom. The first-order valence-electron chi connectivity index (χ1n) is 48.4. The topological polar surface area (TPSA) is 814 Å². The van der Waals surface area contributed by atoms with Crippen molar-refractivity contribution in [3.05, 3.63) is 228 Å². The zero-order valence-corrected chi connectivity index (χ0v) is 82.2. The third-order valence-electron chi connectivity index (χ3n) is 23.9. The molecule has 0 fully saturated rings. The summed E-state index contributed by atoms with van der Waals surface area (Å²) in [5.74, 6) is -16.4. The minimum Gasteiger partial charge on any atom is -0.508 e. The molecule has 36 N–H and O–H groups in total. The van der Waals surface area contributed by atoms with Crippen LogP contribution < -0.4 is 113 Å². The van der Waals surface area contributed by atoms with E-state index in [0.29, 0.717) is 44.1 Å². The monoisotopic (exact) mass is 2060 g/mol. The van der Waals surface area contributed by atoms with Crippen LogP contribution in [0.4, 0.5) is 0 Å². The number of fused-ring (bicyclic) bond motifs is 2. The number of nitrogens with zero attached hydrogens (tertiary/aromatic N) is 3. The Morgan fingerprint density at radius 3 is 1.06 bits per heavy atom. The maximum absolute atomic E-state index is 15.5. The van der Waals surface area contributed by atoms with Crippen molar-refractivity contribution in [3.63, 3.8) is 0 Å². The normalized spacial score (nSPS) is 14.0. The predicted molar refractivity (Wildman–Crippen MR) is 546 cm³/mol. The summed E-state index contributed by atoms with van der Waals surface area (Å²) in [5.41, 5.74) is 27.4. The number of benzene rings is 5. The van der Waals surface area contributed by atoms with Crippen LogP contribution in [0.2, 0.25) is 0 Å². The number of phenolic OH excluding ortho intramolecular Hbond substituents is 1. The smallest absolute Gasteiger partial charge is 0.326 e. The number of aromatic hydroxyl groups is 1. The number of amides is 14. The lowest BCUT2D eigenvalue weighted by atomic mass is 9.99. The van der Waals surface area contributed by atoms with Crippen molar-refractivity contribution in [1.29, 1.82) is 16.2 Å². The number of aromatic nitrogens is 8. The van der Waals surface area contributed by atoms with Gasteiger partial charge in [0.25, 0.3) is 0 Å². The number of aliphatic hydroxyl groups excluding tert-OH is 1. The molecule has 0 radical (unpaired) electrons. The fourth-order valence-electron chi connectivity index (χ4n) is 16.3. The summed E-state index contributed by atoms with van der Waals surface area (Å²) in [6, 6.07) is 17.0. The standard InChI is InChI=1S/C99H130N32O18/c1-54(2)35-73(87(139)123-72(96(148)149)27-16-34-112-99(105)106)124-90(142)77(40-60-45-114-69-24-13-11-22-66(60)69)127-93(145)79(42-62-47-108-52-118-62)129-91(143)76(39-59-44-113-68-23-12-10-21-65(59)68)126-86(138)71(26-15-33-111-98(103)104)120-81(134)50-116-95(147)83(55(3)132)131-94(146)80(43-63-48-109-53-119-63)130-89(141)75(38-58-28-30-64(133)31-29-58)125-92(144)78(41-61-46-107-51-117-61)128-88(140)74(37-57-19-8-5-9-20-57)121-82(135)49-115-85(137)70(25-14-32-110-97(101)102)122-84(136)67(100)36-56-17-6-4-7-18-56/h4-13,17-24,28-31,44-48,51-55,67,70-80,83,113-114,132-133H,14-16,25-27,32-43,49-50,100H2,1-3H3,(H,107,117)(H,108,118)(H,109,119)(H,115,137)(H,116,147)(H,120,134)(H,121,135)(H,122,136)(H,123,139)(H,124,142)(H,125,144)(H,126,138)(H,127,145)(H,128,140)(H,129,143)(H,130,141)(H,131,146)(H,148,149)(H4,101,102,110)(H4,103,104,111)(H4,105,106,112)/t55-,67+,70+,71+,72+,73+,74+,75+,76+,77+,78+,79+,80+,83+/m1/s1. The van der Waals surface area contributed by atoms with Crippen molar-refractivity contribution >= 4 is 128 Å². The molecule has 5 heterocycles. The van der Waals surface area contributed by atoms with Gasteiger partial charge in [-0.3, -0.25) is 83.4 Å². The van der Waals surface area contributed by atoms with Crippen LogP contribution >= 0.6 is 0 Å². The Labute approximate surface area is 855 Å². The van der Waals surface area contributed by atoms with E-state index in [2.05, 4.69) is 130 Å². The Balaban J connectivity index is 0.851. The van der Waals surface area contributed by atoms with Crippen molar-refractivity contribution in [1.82, 2.24) is 130 Å². The minimum absolute atomic E-state index is 0.000427. The number of hydrogen-bond acceptors (Lipinski definition) is 24. The van der Waals surface area contributed by atoms with E-state index in [9.17, 15) is 58.5 Å². The van der Waals surface area contributed by atoms with E-state index in [1.54, 1.807) is 135 Å². The van der Waals surface area contributed by atoms with Gasteiger partial charge in [-0.25, -0.2) is 19.7 Å². The Kier molecular flexibility index (Phi) is 43.5. The van der Waals surface area contributed by atoms with Crippen LogP contribution in [-0.2, 0) is 123 Å². The summed E-state index contributed by atoms with van der Waals surface area (Å²) >= 11 is 0. The number of carbonyl (C=O) groups is 15. The molecule has 14 amide bonds. The number of carboxylic acids is 1. The van der Waals surface area contributed by atoms with Crippen LogP contribution in [0, 0.1) is 22.1 Å². The number of aliphatic hydroxyl groups is 1. The van der Waals surface area contributed by atoms with Crippen molar-refractivity contribution < 1.29 is 87.2 Å². The van der Waals surface area contributed by atoms with Crippen molar-refractivity contribution in [2.24, 2.45) is 28.9 Å². The summed E-state index contributed by atoms with van der Waals surface area (Å²) in [4.78, 5) is 246. The summed E-state index contributed by atoms with van der Waals surface area (Å²) in [7, 11) is 0. The molecule has 0 unspecified atom stereocenters. The molecular weight excluding hydrogens is 1930 g/mol. The average molecular weight is 2060 g/mol. The highest BCUT2D eigenvalue weighted by molar-refractivity contribution is 6.01. The molecule has 5 aromatic heterocycles. The quantitative estimate of drug-likeness (QED) is 0.00997. The van der Waals surface area contributed by atoms with E-state index in [1.165, 1.54) is 61.8 Å². The second-order valence-electron chi connectivity index (χ2n) is 36.1. The van der Waals surface area contributed by atoms with Crippen LogP contribution in [0.1, 0.15) is 111 Å². The molecule has 0 aliphatic heterocycles. The molecular formula is C99H130N32O18. The third-order valence-corrected chi connectivity index (χ3v) is 23.9. The summed E-state index contributed by atoms with van der Waals surface area (Å²) in [6.45, 7) is 3.20. The summed E-state index contributed by atoms with van der Waals surface area (Å²) in [5, 5.41) is 101. The first kappa shape index (κ1) is 113. The number of carbonyl (C=O) groups excluding carboxylic acids is 14. The highest BCUT2D eigenvalue weighted by atomic mass is 16.4. The van der Waals surface area contributed by atoms with E-state index in [0.717, 1.165) is 12.5 Å². The van der Waals surface area contributed by atoms with Crippen LogP contribution in [0.5, 0.6) is 5.75 Å². The third kappa shape index (κ3) is 37.2. The van der Waals surface area contributed by atoms with E-state index in [-0.39, 0.29) is 150 Å². The number of para-hydroxylation sites is 2. The SMILES string of the molecule is CC(C)C[C@H](NC(=O)[C@H](Cc1c[nH]c2ccccc12)NC(=O)[C@H](Cc1c[nH]cn1)NC(=O)[C@H](Cc1c[nH]c2ccccc12)NC(=O)[C@H](CCCNC(=N)N)NC(=O)CNC(=O)[C@@H](NC(=O)[C@H](Cc1c[nH]cn1)NC(=O)[C@H](Cc1ccc(O)cc1)NC(=O)[C@H](Cc1c[nH]cn1)NC(=O)[C@H](Cc1ccccc1)NC(=O)CNC(=O)[C@H](CCCNC(=N)N)NC(=O)[C@@H](N)Cc1ccccc1)[C@@H](C)O)C(=O)N[C@@H](CCCNC(=N)N)C(=O)O. The van der Waals surface area contributed by atoms with Gasteiger partial charge < -0.3 is 154 Å². The van der Waals surface area contributed by atoms with Crippen molar-refractivity contribution in [3.8, 4) is 5.75 Å². The number of imidazole rings is 3. The number of hydrogen-bond donors (Lipinski definition) is 32. The second kappa shape index (κ2) is 57.2. The van der Waals surface area contributed by atoms with E-state index >= 15 is 28.8 Å². The van der Waals surface area contributed by atoms with Gasteiger partial charge in [0.2, 0.25) is 82.7 Å². The largest absolute Gasteiger partial charge is 0.508 e. The van der Waals surface area contributed by atoms with Gasteiger partial charge in [-0.1, -0.05) is 123 Å². The number of H-pyrrole nitrogens is 5. The summed E-state index contributed by atoms with van der Waals surface area (Å²) in [6.07, 6.45) is 7.62. The molecule has 0 aliphatic carbocycles. The van der Waals surface area contributed by atoms with Gasteiger partial charge in [-0.05, 0) is 116 Å². The zero-order chi connectivity index (χ0) is 108. The van der Waals surface area contributed by atoms with Gasteiger partial charge >= 0.3 is 5.97 Å². The van der Waals surface area contributed by atoms with E-state index < -0.39 is 199 Å². The number of nitrogens with one attached hydrogen (secondary N) is 25. The molecule has 0 aliphatic rings. The van der Waals surface area contributed by atoms with Gasteiger partial charge in [0, 0.05) is 117 Å². The molecule has 10 aromatic rings. The van der Waals surface area contributed by atoms with E-state index in [1.807, 2.05) is 0 Å². The lowest BCUT2D eigenvalue weighted by Crippen LogP contribution is -2.61. The lowest BCUT2D eigenvalue weighted by Gasteiger charge is -2.28. The number of guanidine groups is 3. The molecule has 149 heavy (non-hydrogen) atoms. The molecule has 10 rings (SSSR count). The van der Waals surface area contributed by atoms with Crippen LogP contribution in [-0.4, -0.2) is 279 Å². The number of rotatable bonds is 60. The molecule has 50 nitrogen and oxygen atoms in total. The highest BCUT2D eigenvalue weighted by Crippen LogP contribution is 2.24. The number of carboxylic acid groups (broad SMARTS) is 1. The van der Waals surface area contributed by atoms with Crippen molar-refractivity contribution in [2.75, 3.05) is 32.7 Å². The average Bonchev–Trinajstić information content (AvgIpc) is 1.68. The fourth-order valence-corrected chi connectivity index (χ4v) is 16.3. The van der Waals surface area contributed by atoms with Gasteiger partial charge in [0.15, 0.2) is 17.9 Å². The maximum Gasteiger partial charge on any atom is 0.326 e. The first-order valence-corrected chi connectivity index (χ1v) is 48.4. The van der Waals surface area contributed by atoms with Gasteiger partial charge in [0.05, 0.1) is 61.3 Å². The molecule has 50 heteroatoms. The van der Waals surface area contributed by atoms with Gasteiger partial charge in [0.1, 0.15) is 78.3 Å². The number of aromatic amines is 5.